The molecule has 2 nitrogen and oxygen atoms in total. The molecule has 0 aliphatic carbocycles. The molecule has 2 rings (SSSR count). The molecule has 8 heteroatoms. The van der Waals surface area contributed by atoms with Crippen LogP contribution in [0.3, 0.4) is 0 Å². The molecule has 0 fully saturated rings. The predicted octanol–water partition coefficient (Wildman–Crippen LogP) is 5.98. The highest BCUT2D eigenvalue weighted by atomic mass is 35.5. The second-order valence-corrected chi connectivity index (χ2v) is 6.34. The Hall–Kier alpha value is -0.100. The fourth-order valence-corrected chi connectivity index (χ4v) is 3.61. The molecule has 0 unspecified atom stereocenters. The van der Waals surface area contributed by atoms with Gasteiger partial charge in [0.05, 0.1) is 19.8 Å². The van der Waals surface area contributed by atoms with Crippen molar-refractivity contribution in [3.05, 3.63) is 44.4 Å². The third kappa shape index (κ3) is 3.97. The lowest BCUT2D eigenvalue weighted by Crippen LogP contribution is -1.81. The lowest BCUT2D eigenvalue weighted by molar-refractivity contribution is 0.460. The molecular weight excluding hydrogens is 382 g/mol. The number of aromatic hydroxyl groups is 2. The van der Waals surface area contributed by atoms with Gasteiger partial charge in [0.15, 0.2) is 0 Å². The molecule has 2 aromatic rings. The van der Waals surface area contributed by atoms with E-state index in [-0.39, 0.29) is 35.0 Å². The highest BCUT2D eigenvalue weighted by Crippen LogP contribution is 2.45. The van der Waals surface area contributed by atoms with Gasteiger partial charge in [0, 0.05) is 10.0 Å². The highest BCUT2D eigenvalue weighted by Gasteiger charge is 2.14. The van der Waals surface area contributed by atoms with E-state index in [1.165, 1.54) is 24.3 Å². The monoisotopic (exact) mass is 388 g/mol. The van der Waals surface area contributed by atoms with Crippen molar-refractivity contribution < 1.29 is 10.2 Å². The van der Waals surface area contributed by atoms with Crippen molar-refractivity contribution in [3.63, 3.8) is 0 Å². The van der Waals surface area contributed by atoms with E-state index in [1.807, 2.05) is 0 Å². The van der Waals surface area contributed by atoms with Crippen molar-refractivity contribution >= 4 is 71.7 Å². The molecule has 0 radical (unpaired) electrons. The summed E-state index contributed by atoms with van der Waals surface area (Å²) in [4.78, 5) is 0.789. The SMILES string of the molecule is Oc1c(Cl)cc(Cl)cc1Sc1cc(Cl)cc(Cl)c1O.S. The van der Waals surface area contributed by atoms with Crippen molar-refractivity contribution in [1.29, 1.82) is 0 Å². The molecule has 0 atom stereocenters. The van der Waals surface area contributed by atoms with Crippen LogP contribution in [0.2, 0.25) is 20.1 Å². The normalized spacial score (nSPS) is 10.2. The van der Waals surface area contributed by atoms with Crippen LogP contribution in [0, 0.1) is 0 Å². The Labute approximate surface area is 147 Å². The minimum atomic E-state index is -0.119. The molecule has 0 saturated carbocycles. The molecule has 0 amide bonds. The topological polar surface area (TPSA) is 40.5 Å². The summed E-state index contributed by atoms with van der Waals surface area (Å²) < 4.78 is 0. The van der Waals surface area contributed by atoms with Crippen molar-refractivity contribution in [3.8, 4) is 11.5 Å². The maximum Gasteiger partial charge on any atom is 0.148 e. The Morgan fingerprint density at radius 1 is 0.700 bits per heavy atom. The Bertz CT molecular complexity index is 594. The second kappa shape index (κ2) is 7.25. The lowest BCUT2D eigenvalue weighted by Gasteiger charge is -2.09. The minimum absolute atomic E-state index is 0. The first-order valence-corrected chi connectivity index (χ1v) is 7.25. The molecule has 2 aromatic carbocycles. The van der Waals surface area contributed by atoms with Crippen LogP contribution in [0.1, 0.15) is 0 Å². The molecular formula is C12H8Cl4O2S2. The van der Waals surface area contributed by atoms with Gasteiger partial charge in [-0.15, -0.1) is 0 Å². The molecule has 0 heterocycles. The average Bonchev–Trinajstić information content (AvgIpc) is 2.31. The van der Waals surface area contributed by atoms with E-state index >= 15 is 0 Å². The number of hydrogen-bond acceptors (Lipinski definition) is 3. The van der Waals surface area contributed by atoms with E-state index in [1.54, 1.807) is 0 Å². The van der Waals surface area contributed by atoms with Crippen LogP contribution in [0.25, 0.3) is 0 Å². The van der Waals surface area contributed by atoms with E-state index in [0.29, 0.717) is 19.8 Å². The smallest absolute Gasteiger partial charge is 0.148 e. The van der Waals surface area contributed by atoms with Crippen LogP contribution in [0.5, 0.6) is 11.5 Å². The molecule has 2 N–H and O–H groups in total. The van der Waals surface area contributed by atoms with Crippen LogP contribution >= 0.6 is 71.7 Å². The van der Waals surface area contributed by atoms with Gasteiger partial charge in [0.25, 0.3) is 0 Å². The van der Waals surface area contributed by atoms with Crippen molar-refractivity contribution in [2.75, 3.05) is 0 Å². The van der Waals surface area contributed by atoms with Gasteiger partial charge < -0.3 is 10.2 Å². The van der Waals surface area contributed by atoms with E-state index in [2.05, 4.69) is 0 Å². The summed E-state index contributed by atoms with van der Waals surface area (Å²) in [7, 11) is 0. The van der Waals surface area contributed by atoms with Gasteiger partial charge in [-0.3, -0.25) is 0 Å². The third-order valence-corrected chi connectivity index (χ3v) is 4.28. The average molecular weight is 390 g/mol. The van der Waals surface area contributed by atoms with E-state index in [9.17, 15) is 10.2 Å². The van der Waals surface area contributed by atoms with Crippen LogP contribution in [-0.4, -0.2) is 10.2 Å². The van der Waals surface area contributed by atoms with Crippen molar-refractivity contribution in [2.45, 2.75) is 9.79 Å². The Morgan fingerprint density at radius 2 is 1.05 bits per heavy atom. The zero-order valence-corrected chi connectivity index (χ0v) is 14.5. The number of benzene rings is 2. The molecule has 108 valence electrons. The number of hydrogen-bond donors (Lipinski definition) is 2. The molecule has 0 saturated heterocycles. The fraction of sp³-hybridized carbons (Fsp3) is 0. The van der Waals surface area contributed by atoms with Gasteiger partial charge in [-0.25, -0.2) is 0 Å². The van der Waals surface area contributed by atoms with Gasteiger partial charge in [0.2, 0.25) is 0 Å². The van der Waals surface area contributed by atoms with Gasteiger partial charge in [-0.05, 0) is 24.3 Å². The van der Waals surface area contributed by atoms with Crippen LogP contribution in [-0.2, 0) is 0 Å². The van der Waals surface area contributed by atoms with Crippen molar-refractivity contribution in [2.24, 2.45) is 0 Å². The van der Waals surface area contributed by atoms with Gasteiger partial charge >= 0.3 is 0 Å². The quantitative estimate of drug-likeness (QED) is 0.663. The van der Waals surface area contributed by atoms with Crippen LogP contribution in [0.4, 0.5) is 0 Å². The number of phenols is 2. The molecule has 20 heavy (non-hydrogen) atoms. The molecule has 0 aliphatic heterocycles. The molecule has 0 aromatic heterocycles. The maximum atomic E-state index is 9.85. The summed E-state index contributed by atoms with van der Waals surface area (Å²) in [5, 5.41) is 20.7. The molecule has 0 spiro atoms. The second-order valence-electron chi connectivity index (χ2n) is 3.57. The highest BCUT2D eigenvalue weighted by molar-refractivity contribution is 7.99. The van der Waals surface area contributed by atoms with Crippen LogP contribution in [0.15, 0.2) is 34.1 Å². The summed E-state index contributed by atoms with van der Waals surface area (Å²) in [5.41, 5.74) is 0. The first-order chi connectivity index (χ1) is 8.88. The van der Waals surface area contributed by atoms with Crippen LogP contribution < -0.4 is 0 Å². The number of phenolic OH excluding ortho intramolecular Hbond substituents is 2. The zero-order chi connectivity index (χ0) is 14.2. The molecule has 0 aliphatic rings. The summed E-state index contributed by atoms with van der Waals surface area (Å²) in [6.45, 7) is 0. The van der Waals surface area contributed by atoms with Gasteiger partial charge in [0.1, 0.15) is 11.5 Å². The third-order valence-electron chi connectivity index (χ3n) is 2.21. The summed E-state index contributed by atoms with van der Waals surface area (Å²) in [5.74, 6) is -0.238. The minimum Gasteiger partial charge on any atom is -0.505 e. The first-order valence-electron chi connectivity index (χ1n) is 4.92. The maximum absolute atomic E-state index is 9.85. The predicted molar refractivity (Wildman–Crippen MR) is 90.8 cm³/mol. The standard InChI is InChI=1S/C12H6Cl4O2S.H2S/c13-5-1-7(15)11(17)9(3-5)19-10-4-6(14)2-8(16)12(10)18;/h1-4,17-18H;1H2. The summed E-state index contributed by atoms with van der Waals surface area (Å²) in [6.07, 6.45) is 0. The largest absolute Gasteiger partial charge is 0.505 e. The first kappa shape index (κ1) is 18.0. The van der Waals surface area contributed by atoms with Gasteiger partial charge in [-0.1, -0.05) is 58.2 Å². The Kier molecular flexibility index (Phi) is 6.51. The number of halogens is 4. The summed E-state index contributed by atoms with van der Waals surface area (Å²) in [6, 6.07) is 5.91. The fourth-order valence-electron chi connectivity index (χ4n) is 1.36. The van der Waals surface area contributed by atoms with E-state index in [0.717, 1.165) is 11.8 Å². The zero-order valence-electron chi connectivity index (χ0n) is 9.62. The lowest BCUT2D eigenvalue weighted by atomic mass is 10.3. The molecule has 0 bridgehead atoms. The Balaban J connectivity index is 0.00000200. The van der Waals surface area contributed by atoms with E-state index in [4.69, 9.17) is 46.4 Å². The summed E-state index contributed by atoms with van der Waals surface area (Å²) >= 11 is 24.4. The Morgan fingerprint density at radius 3 is 1.40 bits per heavy atom. The van der Waals surface area contributed by atoms with Crippen molar-refractivity contribution in [1.82, 2.24) is 0 Å². The van der Waals surface area contributed by atoms with Gasteiger partial charge in [-0.2, -0.15) is 13.5 Å². The number of rotatable bonds is 2. The van der Waals surface area contributed by atoms with E-state index < -0.39 is 0 Å².